The average Bonchev–Trinajstić information content (AvgIpc) is 2.73. The minimum atomic E-state index is -0.881. The van der Waals surface area contributed by atoms with Crippen LogP contribution in [-0.4, -0.2) is 23.0 Å². The summed E-state index contributed by atoms with van der Waals surface area (Å²) in [4.78, 5) is 22.9. The number of benzene rings is 2. The minimum absolute atomic E-state index is 0.0642. The predicted molar refractivity (Wildman–Crippen MR) is 120 cm³/mol. The van der Waals surface area contributed by atoms with Crippen LogP contribution in [0.5, 0.6) is 11.5 Å². The highest BCUT2D eigenvalue weighted by Crippen LogP contribution is 2.25. The van der Waals surface area contributed by atoms with E-state index in [0.29, 0.717) is 43.6 Å². The number of alkyl halides is 1. The maximum absolute atomic E-state index is 11.9. The van der Waals surface area contributed by atoms with Gasteiger partial charge in [0.1, 0.15) is 11.5 Å². The van der Waals surface area contributed by atoms with Crippen LogP contribution in [-0.2, 0) is 9.59 Å². The molecule has 7 heteroatoms. The van der Waals surface area contributed by atoms with Gasteiger partial charge < -0.3 is 9.47 Å². The molecule has 0 saturated carbocycles. The molecule has 0 fully saturated rings. The van der Waals surface area contributed by atoms with Crippen LogP contribution in [0.25, 0.3) is 0 Å². The second kappa shape index (κ2) is 12.8. The Hall–Kier alpha value is -2.73. The zero-order chi connectivity index (χ0) is 22.5. The molecule has 2 atom stereocenters. The Labute approximate surface area is 188 Å². The molecule has 166 valence electrons. The van der Waals surface area contributed by atoms with Crippen molar-refractivity contribution in [2.24, 2.45) is 10.2 Å². The molecular weight excluding hydrogens is 416 g/mol. The lowest BCUT2D eigenvalue weighted by Crippen LogP contribution is -2.15. The molecule has 6 nitrogen and oxygen atoms in total. The summed E-state index contributed by atoms with van der Waals surface area (Å²) < 4.78 is 10.5. The van der Waals surface area contributed by atoms with Crippen LogP contribution >= 0.6 is 11.6 Å². The van der Waals surface area contributed by atoms with Gasteiger partial charge in [-0.3, -0.25) is 9.59 Å². The standard InChI is InChI=1S/C24H29ClN2O4/c1-19(11-9-16-22(28)30-20-12-5-3-6-13-20)26-27-24(2,25)18-10-17-23(29)31-21-14-7-4-8-15-21/h3-8,12-15,19H,9-11,16-18H2,1-2H3/b27-26+. The van der Waals surface area contributed by atoms with Crippen molar-refractivity contribution < 1.29 is 19.1 Å². The van der Waals surface area contributed by atoms with Crippen LogP contribution in [0.15, 0.2) is 70.9 Å². The van der Waals surface area contributed by atoms with Crippen molar-refractivity contribution in [3.8, 4) is 11.5 Å². The van der Waals surface area contributed by atoms with E-state index >= 15 is 0 Å². The summed E-state index contributed by atoms with van der Waals surface area (Å²) in [5, 5.41) is 8.49. The molecule has 0 spiro atoms. The summed E-state index contributed by atoms with van der Waals surface area (Å²) in [5.74, 6) is 0.513. The van der Waals surface area contributed by atoms with Crippen molar-refractivity contribution >= 4 is 23.5 Å². The first-order valence-corrected chi connectivity index (χ1v) is 10.8. The monoisotopic (exact) mass is 444 g/mol. The van der Waals surface area contributed by atoms with E-state index in [1.807, 2.05) is 43.3 Å². The number of halogens is 1. The number of carbonyl (C=O) groups is 2. The van der Waals surface area contributed by atoms with Crippen LogP contribution < -0.4 is 9.47 Å². The van der Waals surface area contributed by atoms with E-state index in [9.17, 15) is 9.59 Å². The highest BCUT2D eigenvalue weighted by atomic mass is 35.5. The van der Waals surface area contributed by atoms with E-state index in [-0.39, 0.29) is 24.4 Å². The van der Waals surface area contributed by atoms with Crippen LogP contribution in [0.4, 0.5) is 0 Å². The molecule has 2 aromatic carbocycles. The van der Waals surface area contributed by atoms with Crippen molar-refractivity contribution in [1.82, 2.24) is 0 Å². The Bertz CT molecular complexity index is 841. The maximum Gasteiger partial charge on any atom is 0.311 e. The number of hydrogen-bond donors (Lipinski definition) is 0. The number of nitrogens with zero attached hydrogens (tertiary/aromatic N) is 2. The van der Waals surface area contributed by atoms with Gasteiger partial charge in [0, 0.05) is 12.8 Å². The van der Waals surface area contributed by atoms with E-state index in [1.54, 1.807) is 31.2 Å². The number of azo groups is 1. The molecule has 0 N–H and O–H groups in total. The SMILES string of the molecule is CC(CCCC(=O)Oc1ccccc1)/N=N/C(C)(Cl)CCCC(=O)Oc1ccccc1. The fourth-order valence-electron chi connectivity index (χ4n) is 2.77. The van der Waals surface area contributed by atoms with Crippen LogP contribution in [0.3, 0.4) is 0 Å². The van der Waals surface area contributed by atoms with Crippen molar-refractivity contribution in [1.29, 1.82) is 0 Å². The third kappa shape index (κ3) is 10.7. The summed E-state index contributed by atoms with van der Waals surface area (Å²) in [6.07, 6.45) is 2.96. The molecule has 2 rings (SSSR count). The first-order valence-electron chi connectivity index (χ1n) is 10.5. The van der Waals surface area contributed by atoms with Gasteiger partial charge in [-0.15, -0.1) is 0 Å². The molecule has 2 aromatic rings. The summed E-state index contributed by atoms with van der Waals surface area (Å²) in [7, 11) is 0. The molecule has 2 unspecified atom stereocenters. The van der Waals surface area contributed by atoms with E-state index < -0.39 is 5.00 Å². The normalized spacial score (nSPS) is 14.0. The van der Waals surface area contributed by atoms with Crippen molar-refractivity contribution in [2.75, 3.05) is 0 Å². The number of hydrogen-bond acceptors (Lipinski definition) is 6. The van der Waals surface area contributed by atoms with Crippen molar-refractivity contribution in [3.05, 3.63) is 60.7 Å². The molecule has 0 radical (unpaired) electrons. The Balaban J connectivity index is 1.62. The number of para-hydroxylation sites is 2. The second-order valence-electron chi connectivity index (χ2n) is 7.53. The zero-order valence-corrected chi connectivity index (χ0v) is 18.8. The number of esters is 2. The third-order valence-electron chi connectivity index (χ3n) is 4.43. The highest BCUT2D eigenvalue weighted by Gasteiger charge is 2.21. The fraction of sp³-hybridized carbons (Fsp3) is 0.417. The lowest BCUT2D eigenvalue weighted by molar-refractivity contribution is -0.135. The van der Waals surface area contributed by atoms with Crippen LogP contribution in [0.2, 0.25) is 0 Å². The lowest BCUT2D eigenvalue weighted by atomic mass is 10.1. The first kappa shape index (κ1) is 24.5. The Morgan fingerprint density at radius 3 is 1.90 bits per heavy atom. The number of ether oxygens (including phenoxy) is 2. The Kier molecular flexibility index (Phi) is 10.2. The molecule has 31 heavy (non-hydrogen) atoms. The van der Waals surface area contributed by atoms with Gasteiger partial charge >= 0.3 is 11.9 Å². The third-order valence-corrected chi connectivity index (χ3v) is 4.69. The lowest BCUT2D eigenvalue weighted by Gasteiger charge is -2.16. The van der Waals surface area contributed by atoms with E-state index in [1.165, 1.54) is 0 Å². The van der Waals surface area contributed by atoms with Gasteiger partial charge in [-0.2, -0.15) is 10.2 Å². The van der Waals surface area contributed by atoms with Crippen LogP contribution in [0.1, 0.15) is 52.4 Å². The van der Waals surface area contributed by atoms with E-state index in [0.717, 1.165) is 0 Å². The van der Waals surface area contributed by atoms with Gasteiger partial charge in [0.05, 0.1) is 6.04 Å². The van der Waals surface area contributed by atoms with Gasteiger partial charge in [0.2, 0.25) is 0 Å². The fourth-order valence-corrected chi connectivity index (χ4v) is 2.94. The van der Waals surface area contributed by atoms with Gasteiger partial charge in [-0.25, -0.2) is 0 Å². The van der Waals surface area contributed by atoms with Crippen molar-refractivity contribution in [3.63, 3.8) is 0 Å². The molecule has 0 saturated heterocycles. The van der Waals surface area contributed by atoms with Gasteiger partial charge in [0.25, 0.3) is 0 Å². The quantitative estimate of drug-likeness (QED) is 0.126. The van der Waals surface area contributed by atoms with Gasteiger partial charge in [-0.1, -0.05) is 48.0 Å². The molecule has 0 aliphatic carbocycles. The molecule has 0 bridgehead atoms. The Morgan fingerprint density at radius 1 is 0.903 bits per heavy atom. The van der Waals surface area contributed by atoms with Gasteiger partial charge in [-0.05, 0) is 63.8 Å². The van der Waals surface area contributed by atoms with Crippen LogP contribution in [0, 0.1) is 0 Å². The van der Waals surface area contributed by atoms with E-state index in [2.05, 4.69) is 10.2 Å². The first-order chi connectivity index (χ1) is 14.8. The molecule has 0 heterocycles. The molecule has 0 aromatic heterocycles. The summed E-state index contributed by atoms with van der Waals surface area (Å²) in [6, 6.07) is 17.9. The van der Waals surface area contributed by atoms with E-state index in [4.69, 9.17) is 21.1 Å². The topological polar surface area (TPSA) is 77.3 Å². The maximum atomic E-state index is 11.9. The predicted octanol–water partition coefficient (Wildman–Crippen LogP) is 6.33. The van der Waals surface area contributed by atoms with Gasteiger partial charge in [0.15, 0.2) is 5.00 Å². The second-order valence-corrected chi connectivity index (χ2v) is 8.34. The molecule has 0 aliphatic rings. The number of carbonyl (C=O) groups excluding carboxylic acids is 2. The van der Waals surface area contributed by atoms with Crippen molar-refractivity contribution in [2.45, 2.75) is 63.4 Å². The largest absolute Gasteiger partial charge is 0.427 e. The molecule has 0 amide bonds. The summed E-state index contributed by atoms with van der Waals surface area (Å²) in [5.41, 5.74) is 0. The average molecular weight is 445 g/mol. The zero-order valence-electron chi connectivity index (χ0n) is 18.0. The minimum Gasteiger partial charge on any atom is -0.427 e. The summed E-state index contributed by atoms with van der Waals surface area (Å²) >= 11 is 6.41. The highest BCUT2D eigenvalue weighted by molar-refractivity contribution is 6.23. The smallest absolute Gasteiger partial charge is 0.311 e. The summed E-state index contributed by atoms with van der Waals surface area (Å²) in [6.45, 7) is 3.70. The molecular formula is C24H29ClN2O4. The Morgan fingerprint density at radius 2 is 1.39 bits per heavy atom. The molecule has 0 aliphatic heterocycles. The number of rotatable bonds is 12.